The SMILES string of the molecule is CC(C)(CO[Si](c1ccccc1)(c1ccccc1)C(C)(C)C)C(CCO)OC1CCCCO1. The fraction of sp³-hybridized carbons (Fsp3) is 0.571. The van der Waals surface area contributed by atoms with E-state index >= 15 is 0 Å². The molecular weight excluding hydrogens is 428 g/mol. The van der Waals surface area contributed by atoms with Crippen LogP contribution in [0.15, 0.2) is 60.7 Å². The first-order valence-electron chi connectivity index (χ1n) is 12.3. The van der Waals surface area contributed by atoms with Gasteiger partial charge in [0.15, 0.2) is 6.29 Å². The Hall–Kier alpha value is -1.50. The Morgan fingerprint density at radius 2 is 1.52 bits per heavy atom. The fourth-order valence-electron chi connectivity index (χ4n) is 4.91. The number of hydrogen-bond acceptors (Lipinski definition) is 4. The summed E-state index contributed by atoms with van der Waals surface area (Å²) in [5.74, 6) is 0. The van der Waals surface area contributed by atoms with Crippen LogP contribution in [0.5, 0.6) is 0 Å². The van der Waals surface area contributed by atoms with Crippen LogP contribution in [-0.2, 0) is 13.9 Å². The van der Waals surface area contributed by atoms with Crippen LogP contribution in [0.25, 0.3) is 0 Å². The molecule has 1 aliphatic rings. The van der Waals surface area contributed by atoms with Crippen LogP contribution in [-0.4, -0.2) is 45.6 Å². The largest absolute Gasteiger partial charge is 0.407 e. The normalized spacial score (nSPS) is 18.8. The standard InChI is InChI=1S/C28H42O4Si/c1-27(2,3)33(23-14-8-6-9-15-23,24-16-10-7-11-17-24)31-22-28(4,5)25(19-20-29)32-26-18-12-13-21-30-26/h6-11,14-17,25-26,29H,12-13,18-22H2,1-5H3. The molecule has 182 valence electrons. The molecule has 1 aliphatic heterocycles. The third-order valence-corrected chi connectivity index (χ3v) is 11.8. The lowest BCUT2D eigenvalue weighted by molar-refractivity contribution is -0.214. The van der Waals surface area contributed by atoms with Gasteiger partial charge >= 0.3 is 0 Å². The highest BCUT2D eigenvalue weighted by atomic mass is 28.4. The number of rotatable bonds is 10. The van der Waals surface area contributed by atoms with E-state index in [4.69, 9.17) is 13.9 Å². The number of hydrogen-bond donors (Lipinski definition) is 1. The van der Waals surface area contributed by atoms with Crippen molar-refractivity contribution in [2.75, 3.05) is 19.8 Å². The summed E-state index contributed by atoms with van der Waals surface area (Å²) in [6, 6.07) is 21.4. The molecule has 1 fully saturated rings. The Kier molecular flexibility index (Phi) is 8.93. The minimum atomic E-state index is -2.63. The predicted molar refractivity (Wildman–Crippen MR) is 138 cm³/mol. The molecule has 0 bridgehead atoms. The summed E-state index contributed by atoms with van der Waals surface area (Å²) in [7, 11) is -2.63. The van der Waals surface area contributed by atoms with Gasteiger partial charge in [-0.25, -0.2) is 0 Å². The van der Waals surface area contributed by atoms with Gasteiger partial charge < -0.3 is 19.0 Å². The number of aliphatic hydroxyl groups excluding tert-OH is 1. The molecule has 0 aromatic heterocycles. The molecule has 0 radical (unpaired) electrons. The zero-order valence-corrected chi connectivity index (χ0v) is 22.0. The molecule has 2 atom stereocenters. The first-order valence-corrected chi connectivity index (χ1v) is 14.2. The summed E-state index contributed by atoms with van der Waals surface area (Å²) in [6.07, 6.45) is 3.34. The number of ether oxygens (including phenoxy) is 2. The van der Waals surface area contributed by atoms with Gasteiger partial charge in [-0.15, -0.1) is 0 Å². The van der Waals surface area contributed by atoms with Crippen molar-refractivity contribution < 1.29 is 19.0 Å². The highest BCUT2D eigenvalue weighted by molar-refractivity contribution is 6.99. The van der Waals surface area contributed by atoms with Gasteiger partial charge in [0.25, 0.3) is 8.32 Å². The van der Waals surface area contributed by atoms with Crippen molar-refractivity contribution in [1.82, 2.24) is 0 Å². The molecule has 2 aromatic rings. The number of benzene rings is 2. The zero-order valence-electron chi connectivity index (χ0n) is 21.0. The molecule has 0 saturated carbocycles. The quantitative estimate of drug-likeness (QED) is 0.503. The Morgan fingerprint density at radius 1 is 0.939 bits per heavy atom. The van der Waals surface area contributed by atoms with E-state index in [9.17, 15) is 5.11 Å². The maximum Gasteiger partial charge on any atom is 0.261 e. The highest BCUT2D eigenvalue weighted by Crippen LogP contribution is 2.39. The third kappa shape index (κ3) is 6.14. The minimum Gasteiger partial charge on any atom is -0.407 e. The predicted octanol–water partition coefficient (Wildman–Crippen LogP) is 4.88. The molecular formula is C28H42O4Si. The molecule has 0 amide bonds. The van der Waals surface area contributed by atoms with Gasteiger partial charge in [-0.1, -0.05) is 95.3 Å². The van der Waals surface area contributed by atoms with E-state index in [2.05, 4.69) is 95.3 Å². The number of aliphatic hydroxyl groups is 1. The van der Waals surface area contributed by atoms with Crippen LogP contribution in [0.1, 0.15) is 60.3 Å². The van der Waals surface area contributed by atoms with Gasteiger partial charge in [0.2, 0.25) is 0 Å². The summed E-state index contributed by atoms with van der Waals surface area (Å²) in [5.41, 5.74) is -0.295. The molecule has 4 nitrogen and oxygen atoms in total. The average molecular weight is 471 g/mol. The molecule has 33 heavy (non-hydrogen) atoms. The van der Waals surface area contributed by atoms with Crippen molar-refractivity contribution in [1.29, 1.82) is 0 Å². The van der Waals surface area contributed by atoms with Gasteiger partial charge in [0.1, 0.15) is 0 Å². The molecule has 1 N–H and O–H groups in total. The fourth-order valence-corrected chi connectivity index (χ4v) is 9.65. The van der Waals surface area contributed by atoms with E-state index in [1.807, 2.05) is 0 Å². The van der Waals surface area contributed by atoms with Gasteiger partial charge in [-0.05, 0) is 41.1 Å². The topological polar surface area (TPSA) is 47.9 Å². The highest BCUT2D eigenvalue weighted by Gasteiger charge is 2.51. The van der Waals surface area contributed by atoms with Crippen molar-refractivity contribution >= 4 is 18.7 Å². The smallest absolute Gasteiger partial charge is 0.261 e. The summed E-state index contributed by atoms with van der Waals surface area (Å²) in [4.78, 5) is 0. The average Bonchev–Trinajstić information content (AvgIpc) is 2.80. The van der Waals surface area contributed by atoms with E-state index in [1.54, 1.807) is 0 Å². The Balaban J connectivity index is 1.93. The molecule has 5 heteroatoms. The van der Waals surface area contributed by atoms with Crippen LogP contribution >= 0.6 is 0 Å². The summed E-state index contributed by atoms with van der Waals surface area (Å²) >= 11 is 0. The van der Waals surface area contributed by atoms with Crippen LogP contribution in [0.3, 0.4) is 0 Å². The lowest BCUT2D eigenvalue weighted by Crippen LogP contribution is -2.67. The Bertz CT molecular complexity index is 786. The van der Waals surface area contributed by atoms with E-state index in [-0.39, 0.29) is 29.5 Å². The van der Waals surface area contributed by atoms with Gasteiger partial charge in [0, 0.05) is 25.2 Å². The monoisotopic (exact) mass is 470 g/mol. The van der Waals surface area contributed by atoms with E-state index in [0.717, 1.165) is 25.9 Å². The molecule has 1 saturated heterocycles. The van der Waals surface area contributed by atoms with Crippen LogP contribution in [0, 0.1) is 5.41 Å². The first kappa shape index (κ1) is 26.1. The van der Waals surface area contributed by atoms with Gasteiger partial charge in [0.05, 0.1) is 6.10 Å². The van der Waals surface area contributed by atoms with E-state index in [0.29, 0.717) is 13.0 Å². The zero-order chi connectivity index (χ0) is 24.0. The molecule has 0 aliphatic carbocycles. The Labute approximate surface area is 201 Å². The second kappa shape index (κ2) is 11.3. The molecule has 1 heterocycles. The maximum atomic E-state index is 9.79. The Morgan fingerprint density at radius 3 is 1.97 bits per heavy atom. The van der Waals surface area contributed by atoms with E-state index in [1.165, 1.54) is 10.4 Å². The van der Waals surface area contributed by atoms with Crippen LogP contribution in [0.2, 0.25) is 5.04 Å². The first-order chi connectivity index (χ1) is 15.7. The summed E-state index contributed by atoms with van der Waals surface area (Å²) < 4.78 is 19.4. The molecule has 3 rings (SSSR count). The molecule has 2 aromatic carbocycles. The van der Waals surface area contributed by atoms with Crippen molar-refractivity contribution in [3.05, 3.63) is 60.7 Å². The molecule has 0 spiro atoms. The van der Waals surface area contributed by atoms with Gasteiger partial charge in [-0.2, -0.15) is 0 Å². The summed E-state index contributed by atoms with van der Waals surface area (Å²) in [5, 5.41) is 12.3. The van der Waals surface area contributed by atoms with Crippen molar-refractivity contribution in [2.45, 2.75) is 77.7 Å². The second-order valence-electron chi connectivity index (χ2n) is 10.9. The lowest BCUT2D eigenvalue weighted by Gasteiger charge is -2.46. The summed E-state index contributed by atoms with van der Waals surface area (Å²) in [6.45, 7) is 12.6. The lowest BCUT2D eigenvalue weighted by atomic mass is 9.85. The van der Waals surface area contributed by atoms with Crippen LogP contribution in [0.4, 0.5) is 0 Å². The second-order valence-corrected chi connectivity index (χ2v) is 15.2. The van der Waals surface area contributed by atoms with Gasteiger partial charge in [-0.3, -0.25) is 0 Å². The molecule has 2 unspecified atom stereocenters. The maximum absolute atomic E-state index is 9.79. The minimum absolute atomic E-state index is 0.0778. The van der Waals surface area contributed by atoms with Crippen molar-refractivity contribution in [2.24, 2.45) is 5.41 Å². The van der Waals surface area contributed by atoms with E-state index < -0.39 is 8.32 Å². The van der Waals surface area contributed by atoms with Crippen molar-refractivity contribution in [3.63, 3.8) is 0 Å². The third-order valence-electron chi connectivity index (χ3n) is 6.79. The van der Waals surface area contributed by atoms with Crippen LogP contribution < -0.4 is 10.4 Å². The van der Waals surface area contributed by atoms with Crippen molar-refractivity contribution in [3.8, 4) is 0 Å².